The van der Waals surface area contributed by atoms with Crippen molar-refractivity contribution in [3.63, 3.8) is 0 Å². The quantitative estimate of drug-likeness (QED) is 0.126. The number of benzene rings is 10. The summed E-state index contributed by atoms with van der Waals surface area (Å²) in [6, 6.07) is 81.0. The SMILES string of the molecule is Cc1ccccc1N(c1ccccc1)c1ccc2c(c1)C(C)(C)c1cc(/C=C/c3ccc4c(c3)C(C)(C)c3cc(/C=C/c5ccc6c(c5)C(C)(C)c5cc(N(c7ccccc7)c7ccccc7C)ccc5-6)ccc3-4)ccc1-2. The summed E-state index contributed by atoms with van der Waals surface area (Å²) < 4.78 is 0. The molecule has 0 spiro atoms. The Morgan fingerprint density at radius 1 is 0.260 bits per heavy atom. The van der Waals surface area contributed by atoms with E-state index in [1.807, 2.05) is 0 Å². The van der Waals surface area contributed by atoms with Crippen LogP contribution >= 0.6 is 0 Å². The van der Waals surface area contributed by atoms with Gasteiger partial charge in [0.2, 0.25) is 0 Å². The number of aryl methyl sites for hydroxylation is 2. The fourth-order valence-electron chi connectivity index (χ4n) is 13.0. The van der Waals surface area contributed by atoms with Crippen molar-refractivity contribution in [3.05, 3.63) is 285 Å². The van der Waals surface area contributed by atoms with E-state index in [4.69, 9.17) is 0 Å². The van der Waals surface area contributed by atoms with Gasteiger partial charge in [-0.25, -0.2) is 0 Å². The lowest BCUT2D eigenvalue weighted by Gasteiger charge is -2.29. The van der Waals surface area contributed by atoms with E-state index in [-0.39, 0.29) is 16.2 Å². The standard InChI is InChI=1S/C75H64N2/c1-49-19-15-17-25-71(49)76(55-21-11-9-12-22-55)57-35-41-63-61-39-33-53(45-67(61)74(5,6)69(63)47-57)29-27-51-31-37-59-60-38-32-52(44-66(60)73(3,4)65(59)43-51)28-30-54-34-40-62-64-42-36-58(48-70(64)75(7,8)68(62)46-54)77(56-23-13-10-14-24-56)72-26-18-16-20-50(72)2/h9-48H,1-8H3/b29-27+,30-28+. The summed E-state index contributed by atoms with van der Waals surface area (Å²) in [6.07, 6.45) is 9.18. The number of hydrogen-bond donors (Lipinski definition) is 0. The molecule has 0 aromatic heterocycles. The molecule has 0 N–H and O–H groups in total. The molecule has 0 heterocycles. The van der Waals surface area contributed by atoms with Crippen LogP contribution in [0.5, 0.6) is 0 Å². The summed E-state index contributed by atoms with van der Waals surface area (Å²) in [6.45, 7) is 18.7. The van der Waals surface area contributed by atoms with E-state index < -0.39 is 0 Å². The fourth-order valence-corrected chi connectivity index (χ4v) is 13.0. The van der Waals surface area contributed by atoms with Crippen molar-refractivity contribution in [2.75, 3.05) is 9.80 Å². The van der Waals surface area contributed by atoms with Crippen LogP contribution in [0.2, 0.25) is 0 Å². The molecule has 0 aliphatic heterocycles. The smallest absolute Gasteiger partial charge is 0.0490 e. The minimum Gasteiger partial charge on any atom is -0.310 e. The molecule has 0 saturated carbocycles. The maximum atomic E-state index is 2.42. The van der Waals surface area contributed by atoms with Crippen LogP contribution in [0.25, 0.3) is 57.7 Å². The Balaban J connectivity index is 0.733. The van der Waals surface area contributed by atoms with Gasteiger partial charge in [0.1, 0.15) is 0 Å². The van der Waals surface area contributed by atoms with Gasteiger partial charge in [0.05, 0.1) is 0 Å². The molecule has 77 heavy (non-hydrogen) atoms. The van der Waals surface area contributed by atoms with Gasteiger partial charge in [-0.1, -0.05) is 224 Å². The highest BCUT2D eigenvalue weighted by Gasteiger charge is 2.39. The summed E-state index contributed by atoms with van der Waals surface area (Å²) in [5.41, 5.74) is 30.1. The second-order valence-electron chi connectivity index (χ2n) is 23.1. The van der Waals surface area contributed by atoms with E-state index in [0.29, 0.717) is 0 Å². The summed E-state index contributed by atoms with van der Waals surface area (Å²) in [7, 11) is 0. The van der Waals surface area contributed by atoms with E-state index in [2.05, 4.69) is 308 Å². The topological polar surface area (TPSA) is 6.48 Å². The second kappa shape index (κ2) is 18.2. The van der Waals surface area contributed by atoms with E-state index in [1.54, 1.807) is 0 Å². The molecular formula is C75H64N2. The van der Waals surface area contributed by atoms with Crippen LogP contribution in [0.1, 0.15) is 108 Å². The van der Waals surface area contributed by atoms with Gasteiger partial charge in [0.15, 0.2) is 0 Å². The third kappa shape index (κ3) is 8.00. The zero-order chi connectivity index (χ0) is 52.8. The number of rotatable bonds is 10. The molecule has 2 nitrogen and oxygen atoms in total. The fraction of sp³-hybridized carbons (Fsp3) is 0.147. The molecule has 0 unspecified atom stereocenters. The average Bonchev–Trinajstić information content (AvgIpc) is 4.07. The van der Waals surface area contributed by atoms with E-state index in [0.717, 1.165) is 11.4 Å². The molecule has 10 aromatic rings. The third-order valence-corrected chi connectivity index (χ3v) is 17.3. The lowest BCUT2D eigenvalue weighted by Crippen LogP contribution is -2.17. The first-order valence-electron chi connectivity index (χ1n) is 27.3. The van der Waals surface area contributed by atoms with Crippen LogP contribution < -0.4 is 9.80 Å². The van der Waals surface area contributed by atoms with E-state index in [1.165, 1.54) is 123 Å². The zero-order valence-electron chi connectivity index (χ0n) is 45.5. The van der Waals surface area contributed by atoms with Gasteiger partial charge in [-0.2, -0.15) is 0 Å². The Morgan fingerprint density at radius 2 is 0.519 bits per heavy atom. The summed E-state index contributed by atoms with van der Waals surface area (Å²) >= 11 is 0. The molecule has 374 valence electrons. The molecule has 3 aliphatic carbocycles. The van der Waals surface area contributed by atoms with Gasteiger partial charge in [0.25, 0.3) is 0 Å². The van der Waals surface area contributed by atoms with Crippen LogP contribution in [0.4, 0.5) is 34.1 Å². The number of para-hydroxylation sites is 4. The van der Waals surface area contributed by atoms with Gasteiger partial charge in [0, 0.05) is 50.4 Å². The van der Waals surface area contributed by atoms with Crippen molar-refractivity contribution in [2.24, 2.45) is 0 Å². The summed E-state index contributed by atoms with van der Waals surface area (Å²) in [5.74, 6) is 0. The Morgan fingerprint density at radius 3 is 0.818 bits per heavy atom. The predicted octanol–water partition coefficient (Wildman–Crippen LogP) is 20.5. The van der Waals surface area contributed by atoms with Gasteiger partial charge in [-0.05, 0) is 175 Å². The molecule has 10 aromatic carbocycles. The van der Waals surface area contributed by atoms with E-state index >= 15 is 0 Å². The molecule has 0 atom stereocenters. The number of hydrogen-bond acceptors (Lipinski definition) is 2. The van der Waals surface area contributed by atoms with Gasteiger partial charge in [-0.15, -0.1) is 0 Å². The average molecular weight is 993 g/mol. The molecule has 13 rings (SSSR count). The zero-order valence-corrected chi connectivity index (χ0v) is 45.5. The van der Waals surface area contributed by atoms with Crippen LogP contribution in [-0.2, 0) is 16.2 Å². The highest BCUT2D eigenvalue weighted by molar-refractivity contribution is 5.90. The summed E-state index contributed by atoms with van der Waals surface area (Å²) in [5, 5.41) is 0. The minimum absolute atomic E-state index is 0.145. The number of anilines is 6. The molecule has 3 aliphatic rings. The minimum atomic E-state index is -0.166. The van der Waals surface area contributed by atoms with Crippen molar-refractivity contribution in [3.8, 4) is 33.4 Å². The molecular weight excluding hydrogens is 929 g/mol. The summed E-state index contributed by atoms with van der Waals surface area (Å²) in [4.78, 5) is 4.79. The van der Waals surface area contributed by atoms with Crippen LogP contribution in [0.15, 0.2) is 218 Å². The van der Waals surface area contributed by atoms with Crippen molar-refractivity contribution >= 4 is 58.4 Å². The monoisotopic (exact) mass is 993 g/mol. The normalized spacial score (nSPS) is 14.7. The van der Waals surface area contributed by atoms with Gasteiger partial charge < -0.3 is 9.80 Å². The molecule has 0 radical (unpaired) electrons. The second-order valence-corrected chi connectivity index (χ2v) is 23.1. The third-order valence-electron chi connectivity index (χ3n) is 17.3. The first-order valence-corrected chi connectivity index (χ1v) is 27.3. The highest BCUT2D eigenvalue weighted by atomic mass is 15.1. The molecule has 0 fully saturated rings. The maximum absolute atomic E-state index is 2.42. The Kier molecular flexibility index (Phi) is 11.4. The predicted molar refractivity (Wildman–Crippen MR) is 329 cm³/mol. The lowest BCUT2D eigenvalue weighted by molar-refractivity contribution is 0.660. The van der Waals surface area contributed by atoms with Gasteiger partial charge in [-0.3, -0.25) is 0 Å². The largest absolute Gasteiger partial charge is 0.310 e. The highest BCUT2D eigenvalue weighted by Crippen LogP contribution is 2.54. The Bertz CT molecular complexity index is 3770. The van der Waals surface area contributed by atoms with Crippen LogP contribution in [0.3, 0.4) is 0 Å². The van der Waals surface area contributed by atoms with Gasteiger partial charge >= 0.3 is 0 Å². The molecule has 2 heteroatoms. The molecule has 0 saturated heterocycles. The first-order chi connectivity index (χ1) is 37.3. The number of nitrogens with zero attached hydrogens (tertiary/aromatic N) is 2. The Labute approximate surface area is 456 Å². The molecule has 0 bridgehead atoms. The molecule has 0 amide bonds. The van der Waals surface area contributed by atoms with Crippen LogP contribution in [-0.4, -0.2) is 0 Å². The lowest BCUT2D eigenvalue weighted by atomic mass is 9.81. The van der Waals surface area contributed by atoms with Crippen LogP contribution in [0, 0.1) is 13.8 Å². The number of fused-ring (bicyclic) bond motifs is 9. The first kappa shape index (κ1) is 48.0. The maximum Gasteiger partial charge on any atom is 0.0490 e. The van der Waals surface area contributed by atoms with Crippen molar-refractivity contribution in [1.82, 2.24) is 0 Å². The van der Waals surface area contributed by atoms with Crippen molar-refractivity contribution < 1.29 is 0 Å². The van der Waals surface area contributed by atoms with E-state index in [9.17, 15) is 0 Å². The Hall–Kier alpha value is -8.72. The van der Waals surface area contributed by atoms with Crippen molar-refractivity contribution in [1.29, 1.82) is 0 Å². The van der Waals surface area contributed by atoms with Crippen molar-refractivity contribution in [2.45, 2.75) is 71.6 Å².